The van der Waals surface area contributed by atoms with E-state index < -0.39 is 5.41 Å². The van der Waals surface area contributed by atoms with Gasteiger partial charge >= 0.3 is 0 Å². The summed E-state index contributed by atoms with van der Waals surface area (Å²) in [4.78, 5) is 17.3. The van der Waals surface area contributed by atoms with Crippen molar-refractivity contribution in [1.29, 1.82) is 5.26 Å². The summed E-state index contributed by atoms with van der Waals surface area (Å²) in [5.74, 6) is 0. The second-order valence-corrected chi connectivity index (χ2v) is 22.6. The number of pyridine rings is 2. The fraction of sp³-hybridized carbons (Fsp3) is 0.0137. The summed E-state index contributed by atoms with van der Waals surface area (Å²) in [5, 5.41) is 19.1. The van der Waals surface area contributed by atoms with Gasteiger partial charge < -0.3 is 18.3 Å². The molecule has 0 fully saturated rings. The van der Waals surface area contributed by atoms with E-state index in [1.54, 1.807) is 0 Å². The van der Waals surface area contributed by atoms with Crippen molar-refractivity contribution in [3.05, 3.63) is 282 Å². The van der Waals surface area contributed by atoms with E-state index in [-0.39, 0.29) is 0 Å². The molecule has 0 N–H and O–H groups in total. The SMILES string of the molecule is [C-]#[N+]c1ccc2c(c1)c1ccccc1n2-c1cnc2c(c1)C1(c3ccc(-n4c5ccccc5c5ccccc54)cc3Sc3cc(-n4c5ccccc5c5cc(C#N)ccc54)ccc31)c1cc(-n3c4ccccc4c4ccccc43)cnc1-2. The Bertz CT molecular complexity index is 5520. The Labute approximate surface area is 473 Å². The van der Waals surface area contributed by atoms with E-state index in [0.29, 0.717) is 11.3 Å². The molecule has 0 saturated carbocycles. The maximum atomic E-state index is 10.1. The molecule has 6 aromatic heterocycles. The van der Waals surface area contributed by atoms with Crippen molar-refractivity contribution in [3.8, 4) is 40.2 Å². The molecule has 0 bridgehead atoms. The number of nitrogens with zero attached hydrogens (tertiary/aromatic N) is 8. The molecule has 7 heterocycles. The van der Waals surface area contributed by atoms with Crippen LogP contribution >= 0.6 is 11.8 Å². The second kappa shape index (κ2) is 16.5. The minimum absolute atomic E-state index is 0.599. The fourth-order valence-corrected chi connectivity index (χ4v) is 15.5. The standard InChI is InChI=1S/C73H40N8S/c1-75-44-27-33-68-56(35-44)54-19-7-13-25-66(54)81(68)48-37-60-72(77-42-48)71-59(36-47(41-76-71)80-63-22-10-4-16-51(63)52-17-5-11-23-64(52)80)73(60)57-30-28-45(78-61-20-8-2-14-49(61)50-15-3-9-21-62(50)78)38-69(57)82-70-39-46(29-31-58(70)73)79-65-24-12-6-18-53(65)55-34-43(40-74)26-32-67(55)79/h2-39,41-42H. The molecule has 378 valence electrons. The van der Waals surface area contributed by atoms with Gasteiger partial charge in [0.05, 0.1) is 103 Å². The lowest BCUT2D eigenvalue weighted by Gasteiger charge is -2.40. The summed E-state index contributed by atoms with van der Waals surface area (Å²) in [7, 11) is 0. The van der Waals surface area contributed by atoms with Crippen LogP contribution in [0.1, 0.15) is 27.8 Å². The van der Waals surface area contributed by atoms with E-state index in [0.717, 1.165) is 132 Å². The number of para-hydroxylation sites is 6. The molecule has 18 rings (SSSR count). The molecule has 2 aliphatic rings. The number of hydrogen-bond donors (Lipinski definition) is 0. The number of hydrogen-bond acceptors (Lipinski definition) is 4. The highest BCUT2D eigenvalue weighted by Crippen LogP contribution is 2.63. The van der Waals surface area contributed by atoms with E-state index in [1.807, 2.05) is 48.4 Å². The Hall–Kier alpha value is -11.0. The van der Waals surface area contributed by atoms with Crippen molar-refractivity contribution in [2.24, 2.45) is 0 Å². The Kier molecular flexibility index (Phi) is 9.07. The second-order valence-electron chi connectivity index (χ2n) is 21.5. The first-order valence-corrected chi connectivity index (χ1v) is 28.2. The van der Waals surface area contributed by atoms with Crippen molar-refractivity contribution in [2.45, 2.75) is 15.2 Å². The molecule has 16 aromatic rings. The average molecular weight is 1060 g/mol. The summed E-state index contributed by atoms with van der Waals surface area (Å²) in [6.45, 7) is 7.97. The zero-order valence-electron chi connectivity index (χ0n) is 43.6. The monoisotopic (exact) mass is 1060 g/mol. The molecule has 1 unspecified atom stereocenters. The Morgan fingerprint density at radius 1 is 0.366 bits per heavy atom. The van der Waals surface area contributed by atoms with E-state index in [4.69, 9.17) is 16.5 Å². The summed E-state index contributed by atoms with van der Waals surface area (Å²) in [6.07, 6.45) is 4.04. The van der Waals surface area contributed by atoms with Gasteiger partial charge in [0.2, 0.25) is 0 Å². The van der Waals surface area contributed by atoms with Gasteiger partial charge in [0.1, 0.15) is 0 Å². The van der Waals surface area contributed by atoms with Gasteiger partial charge in [-0.15, -0.1) is 0 Å². The van der Waals surface area contributed by atoms with Gasteiger partial charge in [-0.3, -0.25) is 9.97 Å². The van der Waals surface area contributed by atoms with Gasteiger partial charge in [0.25, 0.3) is 0 Å². The summed E-state index contributed by atoms with van der Waals surface area (Å²) in [5.41, 5.74) is 18.9. The first-order valence-electron chi connectivity index (χ1n) is 27.4. The molecule has 9 heteroatoms. The molecule has 0 amide bonds. The molecule has 10 aromatic carbocycles. The van der Waals surface area contributed by atoms with Crippen molar-refractivity contribution in [2.75, 3.05) is 0 Å². The van der Waals surface area contributed by atoms with Crippen LogP contribution in [0.4, 0.5) is 5.69 Å². The van der Waals surface area contributed by atoms with Gasteiger partial charge in [0.15, 0.2) is 5.69 Å². The maximum Gasteiger partial charge on any atom is 0.188 e. The zero-order valence-corrected chi connectivity index (χ0v) is 44.4. The van der Waals surface area contributed by atoms with Gasteiger partial charge in [0, 0.05) is 70.0 Å². The first-order chi connectivity index (χ1) is 40.6. The van der Waals surface area contributed by atoms with Crippen molar-refractivity contribution >= 4 is 105 Å². The van der Waals surface area contributed by atoms with Crippen molar-refractivity contribution in [3.63, 3.8) is 0 Å². The number of nitriles is 1. The third-order valence-corrected chi connectivity index (χ3v) is 18.6. The molecule has 1 atom stereocenters. The van der Waals surface area contributed by atoms with Crippen LogP contribution < -0.4 is 0 Å². The smallest absolute Gasteiger partial charge is 0.188 e. The van der Waals surface area contributed by atoms with E-state index in [2.05, 4.69) is 235 Å². The Morgan fingerprint density at radius 2 is 0.732 bits per heavy atom. The summed E-state index contributed by atoms with van der Waals surface area (Å²) >= 11 is 1.81. The van der Waals surface area contributed by atoms with Crippen molar-refractivity contribution in [1.82, 2.24) is 28.2 Å². The maximum absolute atomic E-state index is 10.1. The lowest BCUT2D eigenvalue weighted by atomic mass is 9.67. The minimum Gasteiger partial charge on any atom is -0.309 e. The van der Waals surface area contributed by atoms with Gasteiger partial charge in [-0.1, -0.05) is 139 Å². The summed E-state index contributed by atoms with van der Waals surface area (Å²) in [6, 6.07) is 85.0. The predicted octanol–water partition coefficient (Wildman–Crippen LogP) is 18.1. The molecule has 0 radical (unpaired) electrons. The highest BCUT2D eigenvalue weighted by molar-refractivity contribution is 7.99. The number of benzene rings is 10. The topological polar surface area (TPSA) is 73.7 Å². The van der Waals surface area contributed by atoms with Gasteiger partial charge in [-0.25, -0.2) is 4.85 Å². The van der Waals surface area contributed by atoms with Crippen LogP contribution in [-0.4, -0.2) is 28.2 Å². The van der Waals surface area contributed by atoms with Crippen LogP contribution in [0, 0.1) is 17.9 Å². The first kappa shape index (κ1) is 45.0. The minimum atomic E-state index is -0.943. The largest absolute Gasteiger partial charge is 0.309 e. The van der Waals surface area contributed by atoms with Gasteiger partial charge in [-0.2, -0.15) is 5.26 Å². The highest BCUT2D eigenvalue weighted by Gasteiger charge is 2.52. The third kappa shape index (κ3) is 5.88. The zero-order chi connectivity index (χ0) is 53.9. The lowest BCUT2D eigenvalue weighted by Crippen LogP contribution is -2.32. The average Bonchev–Trinajstić information content (AvgIpc) is 1.57. The van der Waals surface area contributed by atoms with Crippen LogP contribution in [0.2, 0.25) is 0 Å². The van der Waals surface area contributed by atoms with Crippen molar-refractivity contribution < 1.29 is 0 Å². The Balaban J connectivity index is 0.968. The molecule has 0 saturated heterocycles. The molecule has 8 nitrogen and oxygen atoms in total. The van der Waals surface area contributed by atoms with Crippen LogP contribution in [0.5, 0.6) is 0 Å². The lowest BCUT2D eigenvalue weighted by molar-refractivity contribution is 0.716. The predicted molar refractivity (Wildman–Crippen MR) is 332 cm³/mol. The number of aromatic nitrogens is 6. The summed E-state index contributed by atoms with van der Waals surface area (Å²) < 4.78 is 9.45. The quantitative estimate of drug-likeness (QED) is 0.165. The number of rotatable bonds is 4. The molecule has 1 aliphatic carbocycles. The van der Waals surface area contributed by atoms with Crippen LogP contribution in [0.25, 0.3) is 126 Å². The molecule has 82 heavy (non-hydrogen) atoms. The fourth-order valence-electron chi connectivity index (χ4n) is 14.2. The molecule has 1 spiro atoms. The van der Waals surface area contributed by atoms with Crippen LogP contribution in [0.3, 0.4) is 0 Å². The molecular formula is C73H40N8S. The molecular weight excluding hydrogens is 1020 g/mol. The number of fused-ring (bicyclic) bond motifs is 21. The van der Waals surface area contributed by atoms with E-state index in [9.17, 15) is 5.26 Å². The highest BCUT2D eigenvalue weighted by atomic mass is 32.2. The van der Waals surface area contributed by atoms with Gasteiger partial charge in [-0.05, 0) is 120 Å². The van der Waals surface area contributed by atoms with E-state index in [1.165, 1.54) is 21.5 Å². The normalized spacial score (nSPS) is 14.3. The van der Waals surface area contributed by atoms with Crippen LogP contribution in [-0.2, 0) is 5.41 Å². The molecule has 1 aliphatic heterocycles. The van der Waals surface area contributed by atoms with Crippen LogP contribution in [0.15, 0.2) is 253 Å². The third-order valence-electron chi connectivity index (χ3n) is 17.5. The van der Waals surface area contributed by atoms with E-state index >= 15 is 0 Å². The Morgan fingerprint density at radius 3 is 1.15 bits per heavy atom.